The number of hydrogen-bond donors (Lipinski definition) is 0. The maximum atomic E-state index is 4.82. The first kappa shape index (κ1) is 16.7. The molecule has 1 aromatic carbocycles. The lowest BCUT2D eigenvalue weighted by molar-refractivity contribution is 0.159. The minimum atomic E-state index is 0.589. The number of hydrogen-bond acceptors (Lipinski definition) is 4. The topological polar surface area (TPSA) is 22.6 Å². The molecule has 4 heteroatoms. The Balaban J connectivity index is 1.24. The molecular formula is C24H30N4. The van der Waals surface area contributed by atoms with Gasteiger partial charge in [-0.1, -0.05) is 18.2 Å². The van der Waals surface area contributed by atoms with Gasteiger partial charge in [0.1, 0.15) is 5.82 Å². The summed E-state index contributed by atoms with van der Waals surface area (Å²) >= 11 is 0. The molecule has 7 rings (SSSR count). The van der Waals surface area contributed by atoms with E-state index in [-0.39, 0.29) is 0 Å². The molecule has 2 bridgehead atoms. The summed E-state index contributed by atoms with van der Waals surface area (Å²) in [5, 5.41) is 0. The maximum absolute atomic E-state index is 4.82. The molecule has 0 amide bonds. The molecule has 0 radical (unpaired) electrons. The molecule has 0 spiro atoms. The van der Waals surface area contributed by atoms with E-state index in [9.17, 15) is 0 Å². The van der Waals surface area contributed by atoms with E-state index in [2.05, 4.69) is 57.2 Å². The van der Waals surface area contributed by atoms with Gasteiger partial charge in [0, 0.05) is 49.8 Å². The molecule has 5 aliphatic rings. The van der Waals surface area contributed by atoms with Crippen LogP contribution >= 0.6 is 0 Å². The lowest BCUT2D eigenvalue weighted by atomic mass is 9.71. The number of aromatic nitrogens is 1. The van der Waals surface area contributed by atoms with Crippen molar-refractivity contribution in [2.24, 2.45) is 11.8 Å². The summed E-state index contributed by atoms with van der Waals surface area (Å²) in [4.78, 5) is 12.7. The summed E-state index contributed by atoms with van der Waals surface area (Å²) in [6.07, 6.45) is 8.74. The second-order valence-corrected chi connectivity index (χ2v) is 9.27. The van der Waals surface area contributed by atoms with Crippen LogP contribution in [0.25, 0.3) is 0 Å². The molecule has 4 nitrogen and oxygen atoms in total. The highest BCUT2D eigenvalue weighted by Gasteiger charge is 2.41. The van der Waals surface area contributed by atoms with E-state index in [0.717, 1.165) is 18.4 Å². The fraction of sp³-hybridized carbons (Fsp3) is 0.542. The third kappa shape index (κ3) is 2.76. The van der Waals surface area contributed by atoms with Crippen LogP contribution in [-0.2, 0) is 0 Å². The number of benzene rings is 1. The largest absolute Gasteiger partial charge is 0.371 e. The molecule has 0 N–H and O–H groups in total. The van der Waals surface area contributed by atoms with E-state index >= 15 is 0 Å². The molecule has 1 saturated carbocycles. The monoisotopic (exact) mass is 374 g/mol. The van der Waals surface area contributed by atoms with Gasteiger partial charge in [-0.2, -0.15) is 0 Å². The number of pyridine rings is 1. The minimum Gasteiger partial charge on any atom is -0.371 e. The van der Waals surface area contributed by atoms with Gasteiger partial charge in [0.25, 0.3) is 0 Å². The SMILES string of the molecule is c1ccc(N2CCC[C@H]3[C@@H]2CCN3c2cc(N3CC4CC(C4)C3)ccn2)cc1. The van der Waals surface area contributed by atoms with Crippen LogP contribution in [0.1, 0.15) is 32.1 Å². The summed E-state index contributed by atoms with van der Waals surface area (Å²) in [5.41, 5.74) is 2.77. The van der Waals surface area contributed by atoms with Crippen LogP contribution in [0.2, 0.25) is 0 Å². The third-order valence-corrected chi connectivity index (χ3v) is 7.58. The van der Waals surface area contributed by atoms with Gasteiger partial charge in [-0.15, -0.1) is 0 Å². The number of nitrogens with zero attached hydrogens (tertiary/aromatic N) is 4. The molecule has 28 heavy (non-hydrogen) atoms. The Morgan fingerprint density at radius 1 is 0.786 bits per heavy atom. The zero-order valence-electron chi connectivity index (χ0n) is 16.6. The highest BCUT2D eigenvalue weighted by Crippen LogP contribution is 2.42. The standard InChI is InChI=1S/C24H30N4/c1-2-5-20(6-3-1)27-11-4-7-22-23(27)9-12-28(22)24-15-21(8-10-25-24)26-16-18-13-19(14-18)17-26/h1-3,5-6,8,10,15,18-19,22-23H,4,7,9,11-14,16-17H2/t18?,19?,22-,23-/m0/s1. The first-order chi connectivity index (χ1) is 13.8. The van der Waals surface area contributed by atoms with Gasteiger partial charge in [0.05, 0.1) is 12.1 Å². The van der Waals surface area contributed by atoms with Crippen molar-refractivity contribution in [3.63, 3.8) is 0 Å². The normalized spacial score (nSPS) is 31.5. The average Bonchev–Trinajstić information content (AvgIpc) is 3.18. The third-order valence-electron chi connectivity index (χ3n) is 7.58. The molecular weight excluding hydrogens is 344 g/mol. The van der Waals surface area contributed by atoms with Gasteiger partial charge < -0.3 is 14.7 Å². The predicted octanol–water partition coefficient (Wildman–Crippen LogP) is 4.18. The Morgan fingerprint density at radius 3 is 2.39 bits per heavy atom. The van der Waals surface area contributed by atoms with Crippen molar-refractivity contribution in [1.82, 2.24) is 4.98 Å². The summed E-state index contributed by atoms with van der Waals surface area (Å²) in [5.74, 6) is 3.06. The zero-order chi connectivity index (χ0) is 18.5. The van der Waals surface area contributed by atoms with Gasteiger partial charge >= 0.3 is 0 Å². The predicted molar refractivity (Wildman–Crippen MR) is 115 cm³/mol. The highest BCUT2D eigenvalue weighted by molar-refractivity contribution is 5.58. The number of fused-ring (bicyclic) bond motifs is 3. The van der Waals surface area contributed by atoms with Gasteiger partial charge in [0.15, 0.2) is 0 Å². The van der Waals surface area contributed by atoms with Gasteiger partial charge in [-0.25, -0.2) is 4.98 Å². The molecule has 1 aliphatic carbocycles. The summed E-state index contributed by atoms with van der Waals surface area (Å²) in [6.45, 7) is 4.80. The Morgan fingerprint density at radius 2 is 1.57 bits per heavy atom. The molecule has 4 saturated heterocycles. The number of anilines is 3. The summed E-state index contributed by atoms with van der Waals surface area (Å²) < 4.78 is 0. The maximum Gasteiger partial charge on any atom is 0.130 e. The van der Waals surface area contributed by atoms with Crippen LogP contribution in [0.3, 0.4) is 0 Å². The number of para-hydroxylation sites is 1. The lowest BCUT2D eigenvalue weighted by Crippen LogP contribution is -2.50. The zero-order valence-corrected chi connectivity index (χ0v) is 16.6. The van der Waals surface area contributed by atoms with Crippen LogP contribution < -0.4 is 14.7 Å². The van der Waals surface area contributed by atoms with Crippen molar-refractivity contribution in [3.05, 3.63) is 48.7 Å². The van der Waals surface area contributed by atoms with Crippen molar-refractivity contribution in [1.29, 1.82) is 0 Å². The first-order valence-corrected chi connectivity index (χ1v) is 11.1. The van der Waals surface area contributed by atoms with Crippen molar-refractivity contribution >= 4 is 17.2 Å². The summed E-state index contributed by atoms with van der Waals surface area (Å²) in [6, 6.07) is 16.8. The van der Waals surface area contributed by atoms with Crippen molar-refractivity contribution in [2.45, 2.75) is 44.2 Å². The Labute approximate surface area is 168 Å². The van der Waals surface area contributed by atoms with Crippen LogP contribution in [-0.4, -0.2) is 43.2 Å². The van der Waals surface area contributed by atoms with E-state index in [1.165, 1.54) is 68.9 Å². The number of rotatable bonds is 3. The average molecular weight is 375 g/mol. The molecule has 4 aliphatic heterocycles. The van der Waals surface area contributed by atoms with Crippen LogP contribution in [0.15, 0.2) is 48.7 Å². The summed E-state index contributed by atoms with van der Waals surface area (Å²) in [7, 11) is 0. The second-order valence-electron chi connectivity index (χ2n) is 9.27. The van der Waals surface area contributed by atoms with Gasteiger partial charge in [0.2, 0.25) is 0 Å². The van der Waals surface area contributed by atoms with E-state index in [1.807, 2.05) is 6.20 Å². The Bertz CT molecular complexity index is 822. The smallest absolute Gasteiger partial charge is 0.130 e. The fourth-order valence-corrected chi connectivity index (χ4v) is 6.25. The van der Waals surface area contributed by atoms with Crippen LogP contribution in [0, 0.1) is 11.8 Å². The Hall–Kier alpha value is -2.23. The first-order valence-electron chi connectivity index (χ1n) is 11.1. The molecule has 146 valence electrons. The molecule has 5 fully saturated rings. The van der Waals surface area contributed by atoms with Gasteiger partial charge in [-0.05, 0) is 62.1 Å². The van der Waals surface area contributed by atoms with E-state index in [0.29, 0.717) is 12.1 Å². The molecule has 2 atom stereocenters. The minimum absolute atomic E-state index is 0.589. The highest BCUT2D eigenvalue weighted by atomic mass is 15.3. The van der Waals surface area contributed by atoms with Crippen LogP contribution in [0.5, 0.6) is 0 Å². The van der Waals surface area contributed by atoms with Crippen molar-refractivity contribution in [2.75, 3.05) is 40.9 Å². The molecule has 2 aromatic rings. The second kappa shape index (κ2) is 6.68. The fourth-order valence-electron chi connectivity index (χ4n) is 6.25. The van der Waals surface area contributed by atoms with Crippen molar-refractivity contribution in [3.8, 4) is 0 Å². The van der Waals surface area contributed by atoms with Crippen LogP contribution in [0.4, 0.5) is 17.2 Å². The lowest BCUT2D eigenvalue weighted by Gasteiger charge is -2.48. The van der Waals surface area contributed by atoms with E-state index in [1.54, 1.807) is 0 Å². The quantitative estimate of drug-likeness (QED) is 0.804. The van der Waals surface area contributed by atoms with E-state index in [4.69, 9.17) is 4.98 Å². The van der Waals surface area contributed by atoms with Gasteiger partial charge in [-0.3, -0.25) is 0 Å². The Kier molecular flexibility index (Phi) is 3.98. The number of piperidine rings is 3. The molecule has 1 aromatic heterocycles. The van der Waals surface area contributed by atoms with E-state index < -0.39 is 0 Å². The molecule has 5 heterocycles. The van der Waals surface area contributed by atoms with Crippen molar-refractivity contribution < 1.29 is 0 Å². The molecule has 0 unspecified atom stereocenters.